The molecule has 0 aromatic carbocycles. The van der Waals surface area contributed by atoms with Crippen LogP contribution in [0, 0.1) is 10.7 Å². The van der Waals surface area contributed by atoms with Crippen LogP contribution in [-0.4, -0.2) is 28.6 Å². The fourth-order valence-corrected chi connectivity index (χ4v) is 1.29. The molecule has 74 valence electrons. The van der Waals surface area contributed by atoms with Crippen LogP contribution in [0.5, 0.6) is 0 Å². The lowest BCUT2D eigenvalue weighted by molar-refractivity contribution is 0.158. The van der Waals surface area contributed by atoms with E-state index < -0.39 is 0 Å². The van der Waals surface area contributed by atoms with Crippen molar-refractivity contribution >= 4 is 12.2 Å². The molecule has 5 nitrogen and oxygen atoms in total. The number of hydrogen-bond acceptors (Lipinski definition) is 4. The molecule has 0 spiro atoms. The average molecular weight is 202 g/mol. The molecule has 0 fully saturated rings. The van der Waals surface area contributed by atoms with Crippen molar-refractivity contribution in [3.8, 4) is 0 Å². The van der Waals surface area contributed by atoms with Crippen molar-refractivity contribution < 1.29 is 4.74 Å². The Morgan fingerprint density at radius 3 is 2.92 bits per heavy atom. The molecule has 6 heteroatoms. The zero-order valence-corrected chi connectivity index (χ0v) is 8.60. The highest BCUT2D eigenvalue weighted by Crippen LogP contribution is 2.04. The Labute approximate surface area is 81.9 Å². The molecule has 0 radical (unpaired) electrons. The normalized spacial score (nSPS) is 13.1. The smallest absolute Gasteiger partial charge is 0.214 e. The third kappa shape index (κ3) is 2.53. The number of aromatic nitrogens is 3. The molecule has 0 aliphatic heterocycles. The van der Waals surface area contributed by atoms with Crippen molar-refractivity contribution in [2.45, 2.75) is 13.3 Å². The molecule has 1 heterocycles. The molecular weight excluding hydrogens is 188 g/mol. The number of methoxy groups -OCH3 is 1. The van der Waals surface area contributed by atoms with Gasteiger partial charge in [-0.2, -0.15) is 5.10 Å². The molecule has 13 heavy (non-hydrogen) atoms. The van der Waals surface area contributed by atoms with Crippen molar-refractivity contribution in [3.05, 3.63) is 10.6 Å². The van der Waals surface area contributed by atoms with Crippen molar-refractivity contribution in [3.63, 3.8) is 0 Å². The maximum Gasteiger partial charge on any atom is 0.214 e. The van der Waals surface area contributed by atoms with E-state index in [-0.39, 0.29) is 0 Å². The summed E-state index contributed by atoms with van der Waals surface area (Å²) in [6.07, 6.45) is 0.761. The Kier molecular flexibility index (Phi) is 3.44. The predicted octanol–water partition coefficient (Wildman–Crippen LogP) is 0.479. The molecule has 0 aliphatic carbocycles. The first kappa shape index (κ1) is 10.2. The van der Waals surface area contributed by atoms with E-state index in [0.29, 0.717) is 17.3 Å². The third-order valence-corrected chi connectivity index (χ3v) is 2.05. The third-order valence-electron chi connectivity index (χ3n) is 1.76. The number of rotatable bonds is 4. The van der Waals surface area contributed by atoms with Gasteiger partial charge in [-0.1, -0.05) is 6.92 Å². The molecule has 1 atom stereocenters. The molecule has 0 bridgehead atoms. The van der Waals surface area contributed by atoms with Gasteiger partial charge in [0.15, 0.2) is 5.82 Å². The van der Waals surface area contributed by atoms with Gasteiger partial charge in [0.25, 0.3) is 0 Å². The average Bonchev–Trinajstić information content (AvgIpc) is 2.37. The summed E-state index contributed by atoms with van der Waals surface area (Å²) in [5.41, 5.74) is 0. The number of ether oxygens (including phenoxy) is 1. The van der Waals surface area contributed by atoms with E-state index in [0.717, 1.165) is 12.2 Å². The van der Waals surface area contributed by atoms with Gasteiger partial charge in [0.1, 0.15) is 0 Å². The summed E-state index contributed by atoms with van der Waals surface area (Å²) in [4.78, 5) is 0. The zero-order valence-electron chi connectivity index (χ0n) is 7.78. The van der Waals surface area contributed by atoms with Crippen LogP contribution in [0.1, 0.15) is 12.7 Å². The minimum atomic E-state index is 0.387. The van der Waals surface area contributed by atoms with Crippen molar-refractivity contribution in [1.82, 2.24) is 14.9 Å². The predicted molar refractivity (Wildman–Crippen MR) is 52.3 cm³/mol. The highest BCUT2D eigenvalue weighted by Gasteiger charge is 2.08. The van der Waals surface area contributed by atoms with Gasteiger partial charge < -0.3 is 10.6 Å². The second kappa shape index (κ2) is 4.38. The first-order valence-corrected chi connectivity index (χ1v) is 4.46. The maximum absolute atomic E-state index is 5.62. The van der Waals surface area contributed by atoms with Crippen LogP contribution in [0.2, 0.25) is 0 Å². The van der Waals surface area contributed by atoms with Crippen LogP contribution >= 0.6 is 12.2 Å². The van der Waals surface area contributed by atoms with Crippen LogP contribution < -0.4 is 5.84 Å². The summed E-state index contributed by atoms with van der Waals surface area (Å²) in [7, 11) is 1.68. The van der Waals surface area contributed by atoms with E-state index in [1.165, 1.54) is 4.68 Å². The number of hydrogen-bond donors (Lipinski definition) is 2. The molecule has 0 saturated carbocycles. The van der Waals surface area contributed by atoms with Crippen LogP contribution in [-0.2, 0) is 11.2 Å². The van der Waals surface area contributed by atoms with E-state index in [1.807, 2.05) is 0 Å². The zero-order chi connectivity index (χ0) is 9.84. The Bertz CT molecular complexity index is 319. The van der Waals surface area contributed by atoms with Crippen LogP contribution in [0.4, 0.5) is 0 Å². The van der Waals surface area contributed by atoms with Gasteiger partial charge in [-0.15, -0.1) is 0 Å². The molecule has 0 saturated heterocycles. The standard InChI is InChI=1S/C7H14N4OS/c1-5(4-12-2)3-6-9-10-7(13)11(6)8/h5H,3-4,8H2,1-2H3,(H,10,13). The number of nitrogens with two attached hydrogens (primary N) is 1. The van der Waals surface area contributed by atoms with Gasteiger partial charge >= 0.3 is 0 Å². The molecule has 0 amide bonds. The summed E-state index contributed by atoms with van der Waals surface area (Å²) in [6.45, 7) is 2.76. The van der Waals surface area contributed by atoms with Gasteiger partial charge in [0.05, 0.1) is 0 Å². The van der Waals surface area contributed by atoms with Gasteiger partial charge in [-0.3, -0.25) is 5.10 Å². The first-order valence-electron chi connectivity index (χ1n) is 4.05. The Balaban J connectivity index is 2.63. The molecule has 1 unspecified atom stereocenters. The van der Waals surface area contributed by atoms with E-state index in [1.54, 1.807) is 7.11 Å². The SMILES string of the molecule is COCC(C)Cc1n[nH]c(=S)n1N. The summed E-state index contributed by atoms with van der Waals surface area (Å²) in [5, 5.41) is 6.64. The Morgan fingerprint density at radius 2 is 2.46 bits per heavy atom. The molecule has 3 N–H and O–H groups in total. The number of H-pyrrole nitrogens is 1. The van der Waals surface area contributed by atoms with E-state index in [2.05, 4.69) is 17.1 Å². The van der Waals surface area contributed by atoms with Crippen LogP contribution in [0.3, 0.4) is 0 Å². The molecule has 1 aromatic heterocycles. The fraction of sp³-hybridized carbons (Fsp3) is 0.714. The van der Waals surface area contributed by atoms with E-state index in [4.69, 9.17) is 22.8 Å². The van der Waals surface area contributed by atoms with Gasteiger partial charge in [0.2, 0.25) is 4.77 Å². The summed E-state index contributed by atoms with van der Waals surface area (Å²) in [5.74, 6) is 6.77. The molecular formula is C7H14N4OS. The number of nitrogens with one attached hydrogen (secondary N) is 1. The first-order chi connectivity index (χ1) is 6.15. The van der Waals surface area contributed by atoms with Gasteiger partial charge in [-0.25, -0.2) is 4.68 Å². The lowest BCUT2D eigenvalue weighted by Gasteiger charge is -2.08. The quantitative estimate of drug-likeness (QED) is 0.550. The molecule has 1 rings (SSSR count). The number of aromatic amines is 1. The van der Waals surface area contributed by atoms with Crippen molar-refractivity contribution in [2.24, 2.45) is 5.92 Å². The largest absolute Gasteiger partial charge is 0.384 e. The Morgan fingerprint density at radius 1 is 1.77 bits per heavy atom. The summed E-state index contributed by atoms with van der Waals surface area (Å²) in [6, 6.07) is 0. The number of nitrogens with zero attached hydrogens (tertiary/aromatic N) is 2. The van der Waals surface area contributed by atoms with E-state index in [9.17, 15) is 0 Å². The monoisotopic (exact) mass is 202 g/mol. The van der Waals surface area contributed by atoms with Gasteiger partial charge in [0, 0.05) is 20.1 Å². The fourth-order valence-electron chi connectivity index (χ4n) is 1.14. The van der Waals surface area contributed by atoms with Crippen LogP contribution in [0.25, 0.3) is 0 Å². The lowest BCUT2D eigenvalue weighted by atomic mass is 10.1. The second-order valence-electron chi connectivity index (χ2n) is 3.08. The second-order valence-corrected chi connectivity index (χ2v) is 3.47. The van der Waals surface area contributed by atoms with Crippen LogP contribution in [0.15, 0.2) is 0 Å². The minimum absolute atomic E-state index is 0.387. The van der Waals surface area contributed by atoms with E-state index >= 15 is 0 Å². The summed E-state index contributed by atoms with van der Waals surface area (Å²) >= 11 is 4.88. The van der Waals surface area contributed by atoms with Crippen molar-refractivity contribution in [1.29, 1.82) is 0 Å². The number of nitrogen functional groups attached to an aromatic ring is 1. The highest BCUT2D eigenvalue weighted by molar-refractivity contribution is 7.71. The van der Waals surface area contributed by atoms with Gasteiger partial charge in [-0.05, 0) is 18.1 Å². The van der Waals surface area contributed by atoms with Crippen molar-refractivity contribution in [2.75, 3.05) is 19.6 Å². The summed E-state index contributed by atoms with van der Waals surface area (Å²) < 4.78 is 6.84. The highest BCUT2D eigenvalue weighted by atomic mass is 32.1. The lowest BCUT2D eigenvalue weighted by Crippen LogP contribution is -2.17. The molecule has 1 aromatic rings. The topological polar surface area (TPSA) is 68.9 Å². The minimum Gasteiger partial charge on any atom is -0.384 e. The Hall–Kier alpha value is -0.880. The maximum atomic E-state index is 5.62. The molecule has 0 aliphatic rings.